The standard InChI is InChI=1S/C33H40N4O3/c1-25(2)33(39)36-20-18-28-14-10-15-29(37(28)21-26-11-4-3-5-12-26)23-35(22-27-13-6-7-16-30(27)36)32(38)24-40-31-17-8-9-19-34-31/h3-9,11-13,16-17,19,25,28-29H,10,14-15,18,20-24H2,1-2H3. The predicted octanol–water partition coefficient (Wildman–Crippen LogP) is 5.31. The summed E-state index contributed by atoms with van der Waals surface area (Å²) >= 11 is 0. The lowest BCUT2D eigenvalue weighted by atomic mass is 9.92. The monoisotopic (exact) mass is 540 g/mol. The van der Waals surface area contributed by atoms with Crippen LogP contribution in [0.15, 0.2) is 79.0 Å². The molecule has 1 fully saturated rings. The summed E-state index contributed by atoms with van der Waals surface area (Å²) < 4.78 is 5.80. The van der Waals surface area contributed by atoms with Gasteiger partial charge in [0.1, 0.15) is 0 Å². The number of para-hydroxylation sites is 1. The maximum atomic E-state index is 13.8. The third kappa shape index (κ3) is 6.70. The second-order valence-corrected chi connectivity index (χ2v) is 11.2. The summed E-state index contributed by atoms with van der Waals surface area (Å²) in [5.74, 6) is 0.349. The third-order valence-electron chi connectivity index (χ3n) is 8.08. The van der Waals surface area contributed by atoms with Crippen molar-refractivity contribution in [1.29, 1.82) is 0 Å². The normalized spacial score (nSPS) is 20.0. The van der Waals surface area contributed by atoms with E-state index in [9.17, 15) is 9.59 Å². The Balaban J connectivity index is 1.50. The molecule has 2 atom stereocenters. The molecule has 2 aliphatic rings. The molecule has 0 saturated carbocycles. The van der Waals surface area contributed by atoms with E-state index in [2.05, 4.69) is 34.1 Å². The molecule has 7 heteroatoms. The van der Waals surface area contributed by atoms with E-state index in [0.717, 1.165) is 43.5 Å². The van der Waals surface area contributed by atoms with Gasteiger partial charge in [-0.15, -0.1) is 0 Å². The number of pyridine rings is 1. The van der Waals surface area contributed by atoms with E-state index < -0.39 is 0 Å². The van der Waals surface area contributed by atoms with Crippen LogP contribution in [-0.4, -0.2) is 58.4 Å². The maximum absolute atomic E-state index is 13.8. The number of carbonyl (C=O) groups excluding carboxylic acids is 2. The van der Waals surface area contributed by atoms with Gasteiger partial charge in [0, 0.05) is 62.1 Å². The fraction of sp³-hybridized carbons (Fsp3) is 0.424. The van der Waals surface area contributed by atoms with Crippen LogP contribution in [-0.2, 0) is 22.7 Å². The Morgan fingerprint density at radius 3 is 2.45 bits per heavy atom. The molecule has 0 aliphatic carbocycles. The number of hydrogen-bond acceptors (Lipinski definition) is 5. The molecule has 210 valence electrons. The van der Waals surface area contributed by atoms with Crippen molar-refractivity contribution in [2.45, 2.75) is 64.7 Å². The number of piperidine rings is 1. The molecule has 2 aliphatic heterocycles. The van der Waals surface area contributed by atoms with E-state index in [0.29, 0.717) is 31.6 Å². The van der Waals surface area contributed by atoms with Gasteiger partial charge in [-0.3, -0.25) is 14.5 Å². The largest absolute Gasteiger partial charge is 0.468 e. The van der Waals surface area contributed by atoms with Gasteiger partial charge in [-0.2, -0.15) is 0 Å². The Bertz CT molecular complexity index is 1270. The summed E-state index contributed by atoms with van der Waals surface area (Å²) in [7, 11) is 0. The van der Waals surface area contributed by atoms with Gasteiger partial charge < -0.3 is 14.5 Å². The minimum Gasteiger partial charge on any atom is -0.468 e. The van der Waals surface area contributed by atoms with E-state index >= 15 is 0 Å². The average molecular weight is 541 g/mol. The van der Waals surface area contributed by atoms with Crippen molar-refractivity contribution in [3.8, 4) is 5.88 Å². The fourth-order valence-corrected chi connectivity index (χ4v) is 6.00. The van der Waals surface area contributed by atoms with Crippen molar-refractivity contribution in [1.82, 2.24) is 14.8 Å². The number of rotatable bonds is 6. The molecule has 7 nitrogen and oxygen atoms in total. The number of ether oxygens (including phenoxy) is 1. The van der Waals surface area contributed by atoms with Crippen LogP contribution >= 0.6 is 0 Å². The summed E-state index contributed by atoms with van der Waals surface area (Å²) in [6.45, 7) is 6.35. The second-order valence-electron chi connectivity index (χ2n) is 11.2. The Kier molecular flexibility index (Phi) is 9.12. The number of anilines is 1. The lowest BCUT2D eigenvalue weighted by Crippen LogP contribution is -2.52. The van der Waals surface area contributed by atoms with Crippen LogP contribution in [0.2, 0.25) is 0 Å². The zero-order valence-corrected chi connectivity index (χ0v) is 23.6. The fourth-order valence-electron chi connectivity index (χ4n) is 6.00. The van der Waals surface area contributed by atoms with Crippen molar-refractivity contribution < 1.29 is 14.3 Å². The molecule has 2 bridgehead atoms. The molecule has 0 spiro atoms. The van der Waals surface area contributed by atoms with Crippen LogP contribution in [0, 0.1) is 5.92 Å². The zero-order valence-electron chi connectivity index (χ0n) is 23.6. The van der Waals surface area contributed by atoms with Crippen molar-refractivity contribution in [3.63, 3.8) is 0 Å². The lowest BCUT2D eigenvalue weighted by Gasteiger charge is -2.44. The summed E-state index contributed by atoms with van der Waals surface area (Å²) in [6.07, 6.45) is 5.79. The number of nitrogens with zero attached hydrogens (tertiary/aromatic N) is 4. The first-order valence-electron chi connectivity index (χ1n) is 14.5. The smallest absolute Gasteiger partial charge is 0.260 e. The highest BCUT2D eigenvalue weighted by Gasteiger charge is 2.35. The van der Waals surface area contributed by atoms with E-state index in [1.54, 1.807) is 12.3 Å². The van der Waals surface area contributed by atoms with Gasteiger partial charge >= 0.3 is 0 Å². The Hall–Kier alpha value is -3.71. The van der Waals surface area contributed by atoms with Gasteiger partial charge in [-0.1, -0.05) is 74.9 Å². The van der Waals surface area contributed by atoms with Gasteiger partial charge in [0.2, 0.25) is 11.8 Å². The molecule has 2 aromatic carbocycles. The van der Waals surface area contributed by atoms with Gasteiger partial charge in [0.05, 0.1) is 0 Å². The number of hydrogen-bond donors (Lipinski definition) is 0. The van der Waals surface area contributed by atoms with Crippen LogP contribution in [0.4, 0.5) is 5.69 Å². The summed E-state index contributed by atoms with van der Waals surface area (Å²) in [4.78, 5) is 38.0. The van der Waals surface area contributed by atoms with Crippen LogP contribution in [0.25, 0.3) is 0 Å². The molecule has 5 rings (SSSR count). The molecule has 2 unspecified atom stereocenters. The van der Waals surface area contributed by atoms with Crippen LogP contribution in [0.1, 0.15) is 50.7 Å². The number of fused-ring (bicyclic) bond motifs is 3. The molecule has 3 aromatic rings. The zero-order chi connectivity index (χ0) is 27.9. The molecular formula is C33H40N4O3. The average Bonchev–Trinajstić information content (AvgIpc) is 2.99. The topological polar surface area (TPSA) is 66.0 Å². The van der Waals surface area contributed by atoms with Gasteiger partial charge in [-0.25, -0.2) is 4.98 Å². The van der Waals surface area contributed by atoms with Crippen LogP contribution in [0.5, 0.6) is 5.88 Å². The minimum atomic E-state index is -0.123. The SMILES string of the molecule is CC(C)C(=O)N1CCC2CCCC(CN(C(=O)COc3ccccn3)Cc3ccccc31)N2Cc1ccccc1. The van der Waals surface area contributed by atoms with Crippen molar-refractivity contribution in [2.24, 2.45) is 5.92 Å². The highest BCUT2D eigenvalue weighted by molar-refractivity contribution is 5.95. The van der Waals surface area contributed by atoms with E-state index in [1.807, 2.05) is 66.1 Å². The van der Waals surface area contributed by atoms with Crippen LogP contribution < -0.4 is 9.64 Å². The highest BCUT2D eigenvalue weighted by atomic mass is 16.5. The molecule has 0 N–H and O–H groups in total. The van der Waals surface area contributed by atoms with Crippen molar-refractivity contribution >= 4 is 17.5 Å². The summed E-state index contributed by atoms with van der Waals surface area (Å²) in [5.41, 5.74) is 3.15. The van der Waals surface area contributed by atoms with E-state index in [-0.39, 0.29) is 30.4 Å². The quantitative estimate of drug-likeness (QED) is 0.424. The first-order valence-corrected chi connectivity index (χ1v) is 14.5. The number of benzene rings is 2. The van der Waals surface area contributed by atoms with Crippen molar-refractivity contribution in [3.05, 3.63) is 90.1 Å². The first-order chi connectivity index (χ1) is 19.5. The predicted molar refractivity (Wildman–Crippen MR) is 157 cm³/mol. The molecular weight excluding hydrogens is 500 g/mol. The minimum absolute atomic E-state index is 0.0803. The van der Waals surface area contributed by atoms with E-state index in [4.69, 9.17) is 4.74 Å². The molecule has 40 heavy (non-hydrogen) atoms. The Morgan fingerprint density at radius 2 is 1.68 bits per heavy atom. The molecule has 1 aromatic heterocycles. The highest BCUT2D eigenvalue weighted by Crippen LogP contribution is 2.32. The maximum Gasteiger partial charge on any atom is 0.260 e. The van der Waals surface area contributed by atoms with Gasteiger partial charge in [0.15, 0.2) is 6.61 Å². The first kappa shape index (κ1) is 27.8. The van der Waals surface area contributed by atoms with E-state index in [1.165, 1.54) is 5.56 Å². The van der Waals surface area contributed by atoms with Crippen molar-refractivity contribution in [2.75, 3.05) is 24.6 Å². The Morgan fingerprint density at radius 1 is 0.925 bits per heavy atom. The van der Waals surface area contributed by atoms with Crippen LogP contribution in [0.3, 0.4) is 0 Å². The number of aromatic nitrogens is 1. The summed E-state index contributed by atoms with van der Waals surface area (Å²) in [5, 5.41) is 0. The molecule has 2 amide bonds. The number of amides is 2. The Labute approximate surface area is 237 Å². The number of carbonyl (C=O) groups is 2. The second kappa shape index (κ2) is 13.1. The van der Waals surface area contributed by atoms with Gasteiger partial charge in [0.25, 0.3) is 5.91 Å². The summed E-state index contributed by atoms with van der Waals surface area (Å²) in [6, 6.07) is 24.6. The molecule has 3 heterocycles. The third-order valence-corrected chi connectivity index (χ3v) is 8.08. The molecule has 1 saturated heterocycles. The lowest BCUT2D eigenvalue weighted by molar-refractivity contribution is -0.135. The molecule has 0 radical (unpaired) electrons. The van der Waals surface area contributed by atoms with Gasteiger partial charge in [-0.05, 0) is 42.5 Å².